The first-order chi connectivity index (χ1) is 13.9. The molecule has 0 atom stereocenters. The number of methoxy groups -OCH3 is 2. The molecule has 2 aromatic carbocycles. The number of nitrogens with zero attached hydrogens (tertiary/aromatic N) is 2. The highest BCUT2D eigenvalue weighted by atomic mass is 16.5. The van der Waals surface area contributed by atoms with Crippen molar-refractivity contribution in [2.24, 2.45) is 0 Å². The summed E-state index contributed by atoms with van der Waals surface area (Å²) >= 11 is 0. The van der Waals surface area contributed by atoms with Gasteiger partial charge in [-0.3, -0.25) is 9.36 Å². The lowest BCUT2D eigenvalue weighted by Gasteiger charge is -2.14. The molecule has 0 radical (unpaired) electrons. The summed E-state index contributed by atoms with van der Waals surface area (Å²) in [6.07, 6.45) is 0. The highest BCUT2D eigenvalue weighted by molar-refractivity contribution is 5.90. The summed E-state index contributed by atoms with van der Waals surface area (Å²) in [5.74, 6) is 0.980. The Morgan fingerprint density at radius 1 is 1.03 bits per heavy atom. The number of benzene rings is 2. The molecule has 3 aromatic rings. The molecule has 1 aromatic heterocycles. The van der Waals surface area contributed by atoms with E-state index in [-0.39, 0.29) is 18.0 Å². The van der Waals surface area contributed by atoms with E-state index in [0.717, 1.165) is 16.9 Å². The van der Waals surface area contributed by atoms with Crippen molar-refractivity contribution < 1.29 is 19.0 Å². The normalized spacial score (nSPS) is 10.5. The molecule has 3 rings (SSSR count). The fourth-order valence-corrected chi connectivity index (χ4v) is 2.91. The summed E-state index contributed by atoms with van der Waals surface area (Å²) in [5.41, 5.74) is 2.39. The molecule has 0 bridgehead atoms. The maximum atomic E-state index is 12.8. The maximum absolute atomic E-state index is 12.8. The predicted octanol–water partition coefficient (Wildman–Crippen LogP) is 3.22. The van der Waals surface area contributed by atoms with Crippen LogP contribution in [0.15, 0.2) is 53.3 Å². The van der Waals surface area contributed by atoms with Gasteiger partial charge < -0.3 is 14.2 Å². The number of rotatable bonds is 6. The largest absolute Gasteiger partial charge is 0.497 e. The number of esters is 1. The van der Waals surface area contributed by atoms with E-state index >= 15 is 0 Å². The summed E-state index contributed by atoms with van der Waals surface area (Å²) < 4.78 is 17.0. The topological polar surface area (TPSA) is 79.7 Å². The number of aromatic nitrogens is 2. The second kappa shape index (κ2) is 8.60. The third kappa shape index (κ3) is 4.45. The van der Waals surface area contributed by atoms with Crippen LogP contribution in [0, 0.1) is 13.8 Å². The second-order valence-electron chi connectivity index (χ2n) is 6.44. The van der Waals surface area contributed by atoms with Crippen molar-refractivity contribution in [2.45, 2.75) is 20.5 Å². The molecular formula is C22H22N2O5. The van der Waals surface area contributed by atoms with Crippen LogP contribution in [0.4, 0.5) is 0 Å². The lowest BCUT2D eigenvalue weighted by Crippen LogP contribution is -2.23. The Morgan fingerprint density at radius 3 is 2.38 bits per heavy atom. The number of carbonyl (C=O) groups is 1. The van der Waals surface area contributed by atoms with Crippen molar-refractivity contribution in [2.75, 3.05) is 14.2 Å². The quantitative estimate of drug-likeness (QED) is 0.597. The van der Waals surface area contributed by atoms with Crippen molar-refractivity contribution in [3.63, 3.8) is 0 Å². The molecule has 0 aliphatic carbocycles. The molecule has 0 unspecified atom stereocenters. The molecule has 29 heavy (non-hydrogen) atoms. The Labute approximate surface area is 168 Å². The average Bonchev–Trinajstić information content (AvgIpc) is 2.72. The van der Waals surface area contributed by atoms with Gasteiger partial charge in [-0.1, -0.05) is 18.2 Å². The third-order valence-corrected chi connectivity index (χ3v) is 4.48. The fourth-order valence-electron chi connectivity index (χ4n) is 2.91. The van der Waals surface area contributed by atoms with Crippen LogP contribution in [-0.4, -0.2) is 29.7 Å². The van der Waals surface area contributed by atoms with Crippen LogP contribution in [-0.2, 0) is 11.3 Å². The van der Waals surface area contributed by atoms with Gasteiger partial charge in [-0.2, -0.15) is 4.98 Å². The maximum Gasteiger partial charge on any atom is 0.337 e. The zero-order chi connectivity index (χ0) is 21.0. The molecule has 0 aliphatic rings. The van der Waals surface area contributed by atoms with Crippen LogP contribution in [0.5, 0.6) is 11.6 Å². The predicted molar refractivity (Wildman–Crippen MR) is 108 cm³/mol. The summed E-state index contributed by atoms with van der Waals surface area (Å²) in [5, 5.41) is 0. The molecule has 150 valence electrons. The van der Waals surface area contributed by atoms with E-state index in [4.69, 9.17) is 14.2 Å². The first-order valence-electron chi connectivity index (χ1n) is 8.98. The Bertz CT molecular complexity index is 1090. The van der Waals surface area contributed by atoms with Crippen molar-refractivity contribution in [3.8, 4) is 17.3 Å². The Kier molecular flexibility index (Phi) is 5.97. The number of aryl methyl sites for hydroxylation is 2. The van der Waals surface area contributed by atoms with E-state index in [0.29, 0.717) is 17.1 Å². The summed E-state index contributed by atoms with van der Waals surface area (Å²) in [6, 6.07) is 13.8. The van der Waals surface area contributed by atoms with Crippen LogP contribution < -0.4 is 15.0 Å². The van der Waals surface area contributed by atoms with Crippen molar-refractivity contribution in [1.82, 2.24) is 9.55 Å². The van der Waals surface area contributed by atoms with Gasteiger partial charge in [0.1, 0.15) is 18.2 Å². The van der Waals surface area contributed by atoms with Crippen LogP contribution in [0.25, 0.3) is 5.69 Å². The van der Waals surface area contributed by atoms with E-state index in [1.165, 1.54) is 17.7 Å². The summed E-state index contributed by atoms with van der Waals surface area (Å²) in [4.78, 5) is 29.0. The Balaban J connectivity index is 1.88. The molecule has 7 heteroatoms. The fraction of sp³-hybridized carbons (Fsp3) is 0.227. The molecule has 0 N–H and O–H groups in total. The molecule has 1 heterocycles. The van der Waals surface area contributed by atoms with Gasteiger partial charge in [-0.15, -0.1) is 0 Å². The standard InChI is InChI=1S/C22H22N2O5/c1-14-5-8-17(22(26)28-4)11-19(14)24-15(2)23-20(12-21(24)25)29-13-16-6-9-18(27-3)10-7-16/h5-12H,13H2,1-4H3. The zero-order valence-corrected chi connectivity index (χ0v) is 16.8. The Morgan fingerprint density at radius 2 is 1.76 bits per heavy atom. The minimum Gasteiger partial charge on any atom is -0.497 e. The van der Waals surface area contributed by atoms with E-state index in [1.807, 2.05) is 31.2 Å². The highest BCUT2D eigenvalue weighted by Gasteiger charge is 2.14. The number of carbonyl (C=O) groups excluding carboxylic acids is 1. The van der Waals surface area contributed by atoms with Gasteiger partial charge in [0.05, 0.1) is 31.5 Å². The summed E-state index contributed by atoms with van der Waals surface area (Å²) in [6.45, 7) is 3.85. The third-order valence-electron chi connectivity index (χ3n) is 4.48. The van der Waals surface area contributed by atoms with Gasteiger partial charge in [-0.25, -0.2) is 4.79 Å². The van der Waals surface area contributed by atoms with Crippen molar-refractivity contribution in [3.05, 3.63) is 81.4 Å². The molecule has 0 aliphatic heterocycles. The lowest BCUT2D eigenvalue weighted by atomic mass is 10.1. The van der Waals surface area contributed by atoms with Gasteiger partial charge in [0.25, 0.3) is 5.56 Å². The number of ether oxygens (including phenoxy) is 3. The van der Waals surface area contributed by atoms with E-state index in [1.54, 1.807) is 32.2 Å². The van der Waals surface area contributed by atoms with E-state index in [9.17, 15) is 9.59 Å². The average molecular weight is 394 g/mol. The number of hydrogen-bond donors (Lipinski definition) is 0. The Hall–Kier alpha value is -3.61. The minimum atomic E-state index is -0.468. The first-order valence-corrected chi connectivity index (χ1v) is 8.98. The summed E-state index contributed by atoms with van der Waals surface area (Å²) in [7, 11) is 2.92. The molecular weight excluding hydrogens is 372 g/mol. The van der Waals surface area contributed by atoms with Gasteiger partial charge >= 0.3 is 5.97 Å². The second-order valence-corrected chi connectivity index (χ2v) is 6.44. The highest BCUT2D eigenvalue weighted by Crippen LogP contribution is 2.18. The zero-order valence-electron chi connectivity index (χ0n) is 16.8. The van der Waals surface area contributed by atoms with E-state index in [2.05, 4.69) is 4.98 Å². The molecule has 0 saturated carbocycles. The van der Waals surface area contributed by atoms with Gasteiger partial charge in [0.15, 0.2) is 0 Å². The SMILES string of the molecule is COC(=O)c1ccc(C)c(-n2c(C)nc(OCc3ccc(OC)cc3)cc2=O)c1. The smallest absolute Gasteiger partial charge is 0.337 e. The van der Waals surface area contributed by atoms with Crippen LogP contribution in [0.1, 0.15) is 27.3 Å². The first kappa shape index (κ1) is 20.1. The van der Waals surface area contributed by atoms with Crippen molar-refractivity contribution in [1.29, 1.82) is 0 Å². The molecule has 0 spiro atoms. The van der Waals surface area contributed by atoms with Gasteiger partial charge in [0, 0.05) is 0 Å². The lowest BCUT2D eigenvalue weighted by molar-refractivity contribution is 0.0600. The van der Waals surface area contributed by atoms with Crippen LogP contribution in [0.2, 0.25) is 0 Å². The van der Waals surface area contributed by atoms with E-state index < -0.39 is 5.97 Å². The molecule has 0 saturated heterocycles. The minimum absolute atomic E-state index is 0.237. The van der Waals surface area contributed by atoms with Gasteiger partial charge in [-0.05, 0) is 49.2 Å². The number of hydrogen-bond acceptors (Lipinski definition) is 6. The van der Waals surface area contributed by atoms with Crippen LogP contribution in [0.3, 0.4) is 0 Å². The monoisotopic (exact) mass is 394 g/mol. The van der Waals surface area contributed by atoms with Gasteiger partial charge in [0.2, 0.25) is 5.88 Å². The van der Waals surface area contributed by atoms with Crippen LogP contribution >= 0.6 is 0 Å². The molecule has 0 fully saturated rings. The molecule has 0 amide bonds. The van der Waals surface area contributed by atoms with Crippen molar-refractivity contribution >= 4 is 5.97 Å². The molecule has 7 nitrogen and oxygen atoms in total.